The second kappa shape index (κ2) is 7.88. The molecule has 6 rings (SSSR count). The highest BCUT2D eigenvalue weighted by molar-refractivity contribution is 7.17. The second-order valence-corrected chi connectivity index (χ2v) is 10.1. The molecule has 1 unspecified atom stereocenters. The first-order chi connectivity index (χ1) is 16.4. The topological polar surface area (TPSA) is 131 Å². The summed E-state index contributed by atoms with van der Waals surface area (Å²) in [5.41, 5.74) is 9.31. The van der Waals surface area contributed by atoms with E-state index in [4.69, 9.17) is 20.4 Å². The molecule has 2 fully saturated rings. The van der Waals surface area contributed by atoms with Gasteiger partial charge in [-0.05, 0) is 43.2 Å². The van der Waals surface area contributed by atoms with Crippen molar-refractivity contribution in [2.75, 3.05) is 24.8 Å². The number of rotatable bonds is 5. The van der Waals surface area contributed by atoms with Crippen LogP contribution in [-0.4, -0.2) is 46.1 Å². The number of hydrogen-bond acceptors (Lipinski definition) is 9. The number of aromatic nitrogens is 4. The fourth-order valence-corrected chi connectivity index (χ4v) is 6.42. The molecule has 0 spiro atoms. The van der Waals surface area contributed by atoms with E-state index in [-0.39, 0.29) is 22.8 Å². The van der Waals surface area contributed by atoms with E-state index in [1.807, 2.05) is 0 Å². The average molecular weight is 482 g/mol. The number of benzene rings is 1. The Bertz CT molecular complexity index is 1430. The maximum absolute atomic E-state index is 14.5. The number of methoxy groups -OCH3 is 1. The molecule has 11 heteroatoms. The fraction of sp³-hybridized carbons (Fsp3) is 0.391. The van der Waals surface area contributed by atoms with Crippen LogP contribution in [0.15, 0.2) is 18.3 Å². The van der Waals surface area contributed by atoms with Crippen LogP contribution in [0.25, 0.3) is 21.9 Å². The number of nitrogens with zero attached hydrogens (tertiary/aromatic N) is 3. The minimum atomic E-state index is -0.495. The maximum atomic E-state index is 14.5. The van der Waals surface area contributed by atoms with E-state index < -0.39 is 5.97 Å². The number of esters is 1. The molecule has 34 heavy (non-hydrogen) atoms. The first-order valence-electron chi connectivity index (χ1n) is 11.2. The summed E-state index contributed by atoms with van der Waals surface area (Å²) in [6.45, 7) is 0. The Morgan fingerprint density at radius 3 is 2.82 bits per heavy atom. The van der Waals surface area contributed by atoms with Crippen LogP contribution in [0.1, 0.15) is 40.7 Å². The summed E-state index contributed by atoms with van der Waals surface area (Å²) in [5, 5.41) is 8.73. The van der Waals surface area contributed by atoms with Crippen LogP contribution >= 0.6 is 11.3 Å². The summed E-state index contributed by atoms with van der Waals surface area (Å²) in [6.07, 6.45) is 4.58. The number of carbonyl (C=O) groups excluding carboxylic acids is 1. The fourth-order valence-electron chi connectivity index (χ4n) is 5.69. The first-order valence-corrected chi connectivity index (χ1v) is 12.0. The lowest BCUT2D eigenvalue weighted by Gasteiger charge is -2.26. The highest BCUT2D eigenvalue weighted by Crippen LogP contribution is 2.53. The number of ether oxygens (including phenoxy) is 1. The number of fused-ring (bicyclic) bond motifs is 5. The minimum Gasteiger partial charge on any atom is -0.464 e. The van der Waals surface area contributed by atoms with E-state index in [1.54, 1.807) is 19.3 Å². The normalized spacial score (nSPS) is 23.6. The van der Waals surface area contributed by atoms with Crippen LogP contribution in [0, 0.1) is 17.7 Å². The summed E-state index contributed by atoms with van der Waals surface area (Å²) in [7, 11) is 3.08. The van der Waals surface area contributed by atoms with E-state index in [9.17, 15) is 9.18 Å². The third-order valence-corrected chi connectivity index (χ3v) is 8.08. The standard InChI is InChI=1S/C23H24FN7O2S/c1-26-15-7-11(24)6-13-17-19(12-4-10-3-9(12)5-14(10)25)30-23(31-20(17)29-18(13)15)28-16-8-27-21(34-16)22(32)33-2/h6-10,12,14,26H,3-5,25H2,1-2H3,(H2,28,29,30,31)/t9-,10-,12?,14-/m1/s1. The van der Waals surface area contributed by atoms with Gasteiger partial charge in [0.05, 0.1) is 30.2 Å². The number of anilines is 3. The molecule has 2 aliphatic rings. The van der Waals surface area contributed by atoms with E-state index in [0.717, 1.165) is 41.2 Å². The highest BCUT2D eigenvalue weighted by Gasteiger charge is 2.46. The lowest BCUT2D eigenvalue weighted by molar-refractivity contribution is 0.0600. The van der Waals surface area contributed by atoms with Gasteiger partial charge in [-0.3, -0.25) is 0 Å². The lowest BCUT2D eigenvalue weighted by Crippen LogP contribution is -2.29. The van der Waals surface area contributed by atoms with E-state index in [1.165, 1.54) is 24.5 Å². The molecule has 0 aliphatic heterocycles. The van der Waals surface area contributed by atoms with Gasteiger partial charge in [-0.2, -0.15) is 4.98 Å². The van der Waals surface area contributed by atoms with Crippen LogP contribution in [0.5, 0.6) is 0 Å². The molecule has 0 amide bonds. The van der Waals surface area contributed by atoms with E-state index in [0.29, 0.717) is 34.1 Å². The van der Waals surface area contributed by atoms with Gasteiger partial charge in [0.25, 0.3) is 0 Å². The van der Waals surface area contributed by atoms with Gasteiger partial charge in [0, 0.05) is 29.8 Å². The summed E-state index contributed by atoms with van der Waals surface area (Å²) < 4.78 is 19.2. The Kier molecular flexibility index (Phi) is 4.92. The van der Waals surface area contributed by atoms with Crippen molar-refractivity contribution in [2.45, 2.75) is 31.2 Å². The van der Waals surface area contributed by atoms with Crippen molar-refractivity contribution in [3.05, 3.63) is 34.8 Å². The van der Waals surface area contributed by atoms with Gasteiger partial charge >= 0.3 is 5.97 Å². The molecule has 3 heterocycles. The molecule has 2 saturated carbocycles. The monoisotopic (exact) mass is 481 g/mol. The number of H-pyrrole nitrogens is 1. The van der Waals surface area contributed by atoms with Gasteiger partial charge in [-0.15, -0.1) is 0 Å². The zero-order valence-corrected chi connectivity index (χ0v) is 19.5. The van der Waals surface area contributed by atoms with Gasteiger partial charge in [0.1, 0.15) is 16.5 Å². The maximum Gasteiger partial charge on any atom is 0.367 e. The number of hydrogen-bond donors (Lipinski definition) is 4. The Morgan fingerprint density at radius 1 is 1.26 bits per heavy atom. The number of nitrogens with two attached hydrogens (primary N) is 1. The highest BCUT2D eigenvalue weighted by atomic mass is 32.1. The van der Waals surface area contributed by atoms with Gasteiger partial charge in [0.15, 0.2) is 0 Å². The zero-order valence-electron chi connectivity index (χ0n) is 18.7. The van der Waals surface area contributed by atoms with Gasteiger partial charge < -0.3 is 26.1 Å². The molecule has 4 aromatic rings. The molecular formula is C23H24FN7O2S. The van der Waals surface area contributed by atoms with Crippen LogP contribution in [0.3, 0.4) is 0 Å². The molecule has 0 radical (unpaired) electrons. The van der Waals surface area contributed by atoms with Crippen LogP contribution in [0.2, 0.25) is 0 Å². The van der Waals surface area contributed by atoms with E-state index >= 15 is 0 Å². The Balaban J connectivity index is 1.50. The Hall–Kier alpha value is -3.31. The SMILES string of the molecule is CNc1cc(F)cc2c1[nH]c1nc(Nc3cnc(C(=O)OC)s3)nc(C3C[C@H]4C[C@@H]3C[C@H]4N)c12. The molecule has 5 N–H and O–H groups in total. The minimum absolute atomic E-state index is 0.225. The van der Waals surface area contributed by atoms with Crippen molar-refractivity contribution in [1.82, 2.24) is 19.9 Å². The average Bonchev–Trinajstić information content (AvgIpc) is 3.60. The number of halogens is 1. The zero-order chi connectivity index (χ0) is 23.6. The second-order valence-electron chi connectivity index (χ2n) is 9.05. The summed E-state index contributed by atoms with van der Waals surface area (Å²) >= 11 is 1.17. The van der Waals surface area contributed by atoms with Crippen LogP contribution in [-0.2, 0) is 4.74 Å². The molecular weight excluding hydrogens is 457 g/mol. The largest absolute Gasteiger partial charge is 0.464 e. The van der Waals surface area contributed by atoms with Crippen molar-refractivity contribution in [3.8, 4) is 0 Å². The molecule has 9 nitrogen and oxygen atoms in total. The Morgan fingerprint density at radius 2 is 2.12 bits per heavy atom. The first kappa shape index (κ1) is 21.2. The van der Waals surface area contributed by atoms with Gasteiger partial charge in [-0.25, -0.2) is 19.2 Å². The van der Waals surface area contributed by atoms with Crippen LogP contribution in [0.4, 0.5) is 21.0 Å². The van der Waals surface area contributed by atoms with Crippen molar-refractivity contribution < 1.29 is 13.9 Å². The molecule has 2 bridgehead atoms. The molecule has 2 aliphatic carbocycles. The Labute approximate surface area is 198 Å². The predicted molar refractivity (Wildman–Crippen MR) is 129 cm³/mol. The molecule has 176 valence electrons. The molecule has 3 aromatic heterocycles. The van der Waals surface area contributed by atoms with Crippen LogP contribution < -0.4 is 16.4 Å². The van der Waals surface area contributed by atoms with Crippen molar-refractivity contribution in [3.63, 3.8) is 0 Å². The van der Waals surface area contributed by atoms with Crippen molar-refractivity contribution >= 4 is 55.9 Å². The number of aromatic amines is 1. The lowest BCUT2D eigenvalue weighted by atomic mass is 9.83. The van der Waals surface area contributed by atoms with Gasteiger partial charge in [-0.1, -0.05) is 11.3 Å². The quantitative estimate of drug-likeness (QED) is 0.313. The van der Waals surface area contributed by atoms with Crippen molar-refractivity contribution in [2.24, 2.45) is 17.6 Å². The predicted octanol–water partition coefficient (Wildman–Crippen LogP) is 4.12. The summed E-state index contributed by atoms with van der Waals surface area (Å²) in [6, 6.07) is 3.24. The smallest absolute Gasteiger partial charge is 0.367 e. The summed E-state index contributed by atoms with van der Waals surface area (Å²) in [5.74, 6) is 0.736. The number of nitrogens with one attached hydrogen (secondary N) is 3. The van der Waals surface area contributed by atoms with Gasteiger partial charge in [0.2, 0.25) is 11.0 Å². The third kappa shape index (κ3) is 3.30. The van der Waals surface area contributed by atoms with E-state index in [2.05, 4.69) is 20.6 Å². The molecule has 1 aromatic carbocycles. The number of thiazole rings is 1. The summed E-state index contributed by atoms with van der Waals surface area (Å²) in [4.78, 5) is 28.9. The number of carbonyl (C=O) groups is 1. The molecule has 4 atom stereocenters. The molecule has 0 saturated heterocycles. The van der Waals surface area contributed by atoms with Crippen molar-refractivity contribution in [1.29, 1.82) is 0 Å². The third-order valence-electron chi connectivity index (χ3n) is 7.19.